The lowest BCUT2D eigenvalue weighted by atomic mass is 9.85. The molecule has 0 heterocycles. The molecular formula is C14H22O. The van der Waals surface area contributed by atoms with Gasteiger partial charge >= 0.3 is 0 Å². The summed E-state index contributed by atoms with van der Waals surface area (Å²) in [5.74, 6) is 1.75. The summed E-state index contributed by atoms with van der Waals surface area (Å²) in [5, 5.41) is 0. The van der Waals surface area contributed by atoms with Crippen LogP contribution in [-0.2, 0) is 4.79 Å². The molecule has 0 aromatic carbocycles. The Morgan fingerprint density at radius 3 is 2.53 bits per heavy atom. The molecule has 0 bridgehead atoms. The highest BCUT2D eigenvalue weighted by molar-refractivity contribution is 5.81. The molecule has 0 aromatic rings. The Labute approximate surface area is 93.3 Å². The highest BCUT2D eigenvalue weighted by atomic mass is 16.1. The first-order valence-corrected chi connectivity index (χ1v) is 5.89. The average Bonchev–Trinajstić information content (AvgIpc) is 2.17. The minimum absolute atomic E-state index is 0.0706. The van der Waals surface area contributed by atoms with E-state index in [1.807, 2.05) is 6.92 Å². The van der Waals surface area contributed by atoms with Gasteiger partial charge in [0, 0.05) is 5.92 Å². The quantitative estimate of drug-likeness (QED) is 0.684. The van der Waals surface area contributed by atoms with Crippen LogP contribution in [0.4, 0.5) is 0 Å². The van der Waals surface area contributed by atoms with Gasteiger partial charge in [-0.05, 0) is 37.2 Å². The molecule has 84 valence electrons. The third-order valence-corrected chi connectivity index (χ3v) is 3.10. The van der Waals surface area contributed by atoms with E-state index in [0.717, 1.165) is 12.3 Å². The molecule has 2 atom stereocenters. The Morgan fingerprint density at radius 2 is 2.13 bits per heavy atom. The van der Waals surface area contributed by atoms with Crippen LogP contribution in [0.1, 0.15) is 40.5 Å². The van der Waals surface area contributed by atoms with Crippen molar-refractivity contribution >= 4 is 5.78 Å². The van der Waals surface area contributed by atoms with Gasteiger partial charge in [-0.2, -0.15) is 0 Å². The Morgan fingerprint density at radius 1 is 1.47 bits per heavy atom. The van der Waals surface area contributed by atoms with Gasteiger partial charge in [0.25, 0.3) is 0 Å². The molecule has 0 N–H and O–H groups in total. The molecule has 0 aromatic heterocycles. The van der Waals surface area contributed by atoms with E-state index >= 15 is 0 Å². The fraction of sp³-hybridized carbons (Fsp3) is 0.643. The number of hydrogen-bond donors (Lipinski definition) is 0. The predicted octanol–water partition coefficient (Wildman–Crippen LogP) is 3.76. The zero-order valence-electron chi connectivity index (χ0n) is 10.3. The van der Waals surface area contributed by atoms with Crippen molar-refractivity contribution < 1.29 is 4.79 Å². The van der Waals surface area contributed by atoms with Crippen molar-refractivity contribution in [2.45, 2.75) is 40.5 Å². The highest BCUT2D eigenvalue weighted by Crippen LogP contribution is 2.26. The van der Waals surface area contributed by atoms with Gasteiger partial charge in [-0.15, -0.1) is 0 Å². The molecule has 1 rings (SSSR count). The van der Waals surface area contributed by atoms with Gasteiger partial charge in [0.1, 0.15) is 5.78 Å². The molecule has 15 heavy (non-hydrogen) atoms. The van der Waals surface area contributed by atoms with Gasteiger partial charge in [0.15, 0.2) is 0 Å². The molecule has 0 aliphatic heterocycles. The summed E-state index contributed by atoms with van der Waals surface area (Å²) in [4.78, 5) is 11.2. The average molecular weight is 206 g/mol. The number of Topliss-reactive ketones (excluding diaryl/α,β-unsaturated/α-hetero) is 1. The number of hydrogen-bond acceptors (Lipinski definition) is 1. The molecule has 0 fully saturated rings. The molecule has 1 nitrogen and oxygen atoms in total. The molecule has 2 unspecified atom stereocenters. The number of rotatable bonds is 4. The molecule has 0 spiro atoms. The fourth-order valence-corrected chi connectivity index (χ4v) is 2.02. The molecule has 1 aliphatic carbocycles. The van der Waals surface area contributed by atoms with Crippen molar-refractivity contribution in [2.24, 2.45) is 17.8 Å². The molecule has 1 heteroatoms. The van der Waals surface area contributed by atoms with E-state index in [-0.39, 0.29) is 11.7 Å². The number of allylic oxidation sites excluding steroid dienone is 4. The van der Waals surface area contributed by atoms with E-state index in [1.54, 1.807) is 6.92 Å². The van der Waals surface area contributed by atoms with E-state index in [0.29, 0.717) is 5.92 Å². The maximum absolute atomic E-state index is 11.2. The van der Waals surface area contributed by atoms with Crippen molar-refractivity contribution in [3.63, 3.8) is 0 Å². The third-order valence-electron chi connectivity index (χ3n) is 3.10. The van der Waals surface area contributed by atoms with Gasteiger partial charge in [-0.25, -0.2) is 0 Å². The molecule has 0 amide bonds. The summed E-state index contributed by atoms with van der Waals surface area (Å²) in [6, 6.07) is 0. The van der Waals surface area contributed by atoms with E-state index in [4.69, 9.17) is 0 Å². The van der Waals surface area contributed by atoms with Crippen LogP contribution in [0.25, 0.3) is 0 Å². The Kier molecular flexibility index (Phi) is 4.31. The second-order valence-corrected chi connectivity index (χ2v) is 5.02. The van der Waals surface area contributed by atoms with Gasteiger partial charge in [0.05, 0.1) is 0 Å². The topological polar surface area (TPSA) is 17.1 Å². The van der Waals surface area contributed by atoms with Gasteiger partial charge in [-0.1, -0.05) is 39.0 Å². The van der Waals surface area contributed by atoms with E-state index < -0.39 is 0 Å². The van der Waals surface area contributed by atoms with E-state index in [9.17, 15) is 4.79 Å². The lowest BCUT2D eigenvalue weighted by molar-refractivity contribution is -0.119. The third kappa shape index (κ3) is 3.65. The molecular weight excluding hydrogens is 184 g/mol. The maximum atomic E-state index is 11.2. The van der Waals surface area contributed by atoms with Gasteiger partial charge < -0.3 is 0 Å². The summed E-state index contributed by atoms with van der Waals surface area (Å²) < 4.78 is 0. The first kappa shape index (κ1) is 12.2. The van der Waals surface area contributed by atoms with Crippen LogP contribution >= 0.6 is 0 Å². The Balaban J connectivity index is 2.53. The SMILES string of the molecule is CC(=O)C(C)C1=CCC(CC(C)C)C=C1. The van der Waals surface area contributed by atoms with Crippen LogP contribution in [0.15, 0.2) is 23.8 Å². The van der Waals surface area contributed by atoms with Crippen LogP contribution in [0.2, 0.25) is 0 Å². The minimum atomic E-state index is 0.0706. The van der Waals surface area contributed by atoms with E-state index in [1.165, 1.54) is 12.0 Å². The van der Waals surface area contributed by atoms with Crippen LogP contribution < -0.4 is 0 Å². The van der Waals surface area contributed by atoms with Crippen molar-refractivity contribution in [3.8, 4) is 0 Å². The second kappa shape index (κ2) is 5.29. The Hall–Kier alpha value is -0.850. The number of ketones is 1. The monoisotopic (exact) mass is 206 g/mol. The van der Waals surface area contributed by atoms with E-state index in [2.05, 4.69) is 32.1 Å². The van der Waals surface area contributed by atoms with Crippen molar-refractivity contribution in [2.75, 3.05) is 0 Å². The zero-order valence-corrected chi connectivity index (χ0v) is 10.3. The Bertz CT molecular complexity index is 284. The number of carbonyl (C=O) groups is 1. The summed E-state index contributed by atoms with van der Waals surface area (Å²) in [6.45, 7) is 8.16. The zero-order chi connectivity index (χ0) is 11.4. The van der Waals surface area contributed by atoms with Crippen LogP contribution in [-0.4, -0.2) is 5.78 Å². The summed E-state index contributed by atoms with van der Waals surface area (Å²) in [5.41, 5.74) is 1.20. The largest absolute Gasteiger partial charge is 0.299 e. The normalized spacial score (nSPS) is 22.7. The summed E-state index contributed by atoms with van der Waals surface area (Å²) >= 11 is 0. The smallest absolute Gasteiger partial charge is 0.136 e. The first-order valence-electron chi connectivity index (χ1n) is 5.89. The maximum Gasteiger partial charge on any atom is 0.136 e. The van der Waals surface area contributed by atoms with Gasteiger partial charge in [0.2, 0.25) is 0 Å². The summed E-state index contributed by atoms with van der Waals surface area (Å²) in [7, 11) is 0. The van der Waals surface area contributed by atoms with Crippen LogP contribution in [0.5, 0.6) is 0 Å². The molecule has 0 radical (unpaired) electrons. The second-order valence-electron chi connectivity index (χ2n) is 5.02. The van der Waals surface area contributed by atoms with Gasteiger partial charge in [-0.3, -0.25) is 4.79 Å². The minimum Gasteiger partial charge on any atom is -0.299 e. The van der Waals surface area contributed by atoms with Crippen LogP contribution in [0.3, 0.4) is 0 Å². The standard InChI is InChI=1S/C14H22O/c1-10(2)9-13-5-7-14(8-6-13)11(3)12(4)15/h5,7-8,10-11,13H,6,9H2,1-4H3. The van der Waals surface area contributed by atoms with Crippen LogP contribution in [0, 0.1) is 17.8 Å². The predicted molar refractivity (Wildman–Crippen MR) is 64.6 cm³/mol. The fourth-order valence-electron chi connectivity index (χ4n) is 2.02. The molecule has 0 saturated heterocycles. The lowest BCUT2D eigenvalue weighted by Gasteiger charge is -2.20. The van der Waals surface area contributed by atoms with Crippen molar-refractivity contribution in [1.82, 2.24) is 0 Å². The molecule has 0 saturated carbocycles. The summed E-state index contributed by atoms with van der Waals surface area (Å²) in [6.07, 6.45) is 8.99. The highest BCUT2D eigenvalue weighted by Gasteiger charge is 2.16. The number of carbonyl (C=O) groups excluding carboxylic acids is 1. The molecule has 1 aliphatic rings. The first-order chi connectivity index (χ1) is 7.00. The van der Waals surface area contributed by atoms with Crippen molar-refractivity contribution in [1.29, 1.82) is 0 Å². The van der Waals surface area contributed by atoms with Crippen molar-refractivity contribution in [3.05, 3.63) is 23.8 Å². The lowest BCUT2D eigenvalue weighted by Crippen LogP contribution is -2.12.